The van der Waals surface area contributed by atoms with Gasteiger partial charge in [0.25, 0.3) is 5.69 Å². The molecule has 3 aromatic rings. The Morgan fingerprint density at radius 1 is 1.06 bits per heavy atom. The zero-order chi connectivity index (χ0) is 24.9. The van der Waals surface area contributed by atoms with Crippen molar-refractivity contribution in [1.82, 2.24) is 4.90 Å². The van der Waals surface area contributed by atoms with Gasteiger partial charge in [0.15, 0.2) is 0 Å². The Hall–Kier alpha value is -3.76. The Bertz CT molecular complexity index is 1220. The van der Waals surface area contributed by atoms with E-state index >= 15 is 0 Å². The minimum atomic E-state index is -0.492. The van der Waals surface area contributed by atoms with Crippen LogP contribution < -0.4 is 10.2 Å². The highest BCUT2D eigenvalue weighted by Gasteiger charge is 2.24. The maximum atomic E-state index is 12.8. The Kier molecular flexibility index (Phi) is 7.42. The van der Waals surface area contributed by atoms with Gasteiger partial charge in [-0.3, -0.25) is 19.8 Å². The maximum absolute atomic E-state index is 12.8. The van der Waals surface area contributed by atoms with Crippen molar-refractivity contribution >= 4 is 39.6 Å². The Balaban J connectivity index is 1.38. The van der Waals surface area contributed by atoms with Crippen LogP contribution in [0.3, 0.4) is 0 Å². The van der Waals surface area contributed by atoms with Crippen LogP contribution >= 0.6 is 11.3 Å². The monoisotopic (exact) mass is 494 g/mol. The number of thiophene rings is 1. The molecule has 4 rings (SSSR count). The lowest BCUT2D eigenvalue weighted by molar-refractivity contribution is -0.384. The number of amides is 1. The van der Waals surface area contributed by atoms with Crippen molar-refractivity contribution in [1.29, 1.82) is 0 Å². The molecule has 1 N–H and O–H groups in total. The molecule has 0 unspecified atom stereocenters. The Morgan fingerprint density at radius 2 is 1.71 bits per heavy atom. The van der Waals surface area contributed by atoms with Crippen LogP contribution in [0.15, 0.2) is 53.9 Å². The zero-order valence-electron chi connectivity index (χ0n) is 19.5. The van der Waals surface area contributed by atoms with Crippen molar-refractivity contribution < 1.29 is 19.2 Å². The number of aryl methyl sites for hydroxylation is 1. The molecule has 0 bridgehead atoms. The number of rotatable bonds is 7. The van der Waals surface area contributed by atoms with Crippen LogP contribution in [0.4, 0.5) is 16.4 Å². The summed E-state index contributed by atoms with van der Waals surface area (Å²) in [7, 11) is 1.33. The summed E-state index contributed by atoms with van der Waals surface area (Å²) in [6, 6.07) is 14.3. The highest BCUT2D eigenvalue weighted by atomic mass is 32.1. The number of carbonyl (C=O) groups is 2. The zero-order valence-corrected chi connectivity index (χ0v) is 20.3. The topological polar surface area (TPSA) is 105 Å². The van der Waals surface area contributed by atoms with Gasteiger partial charge in [-0.25, -0.2) is 4.79 Å². The fourth-order valence-corrected chi connectivity index (χ4v) is 4.99. The van der Waals surface area contributed by atoms with Gasteiger partial charge in [0.1, 0.15) is 10.6 Å². The largest absolute Gasteiger partial charge is 0.465 e. The van der Waals surface area contributed by atoms with Crippen LogP contribution in [0.5, 0.6) is 0 Å². The number of hydrogen-bond donors (Lipinski definition) is 1. The van der Waals surface area contributed by atoms with Gasteiger partial charge in [0.2, 0.25) is 5.91 Å². The van der Waals surface area contributed by atoms with E-state index in [9.17, 15) is 19.7 Å². The van der Waals surface area contributed by atoms with Crippen LogP contribution in [-0.4, -0.2) is 61.5 Å². The SMILES string of the molecule is COC(=O)c1c(-c2ccc(C)cc2)csc1NC(=O)CN1CCN(c2ccc([N+](=O)[O-])cc2)CC1. The molecule has 0 atom stereocenters. The van der Waals surface area contributed by atoms with E-state index in [1.807, 2.05) is 41.5 Å². The predicted molar refractivity (Wildman–Crippen MR) is 136 cm³/mol. The number of non-ortho nitro benzene ring substituents is 1. The summed E-state index contributed by atoms with van der Waals surface area (Å²) in [5.74, 6) is -0.690. The normalized spacial score (nSPS) is 13.9. The highest BCUT2D eigenvalue weighted by molar-refractivity contribution is 7.15. The maximum Gasteiger partial charge on any atom is 0.341 e. The molecular formula is C25H26N4O5S. The molecule has 35 heavy (non-hydrogen) atoms. The van der Waals surface area contributed by atoms with E-state index in [0.717, 1.165) is 22.4 Å². The number of nitrogens with one attached hydrogen (secondary N) is 1. The second kappa shape index (κ2) is 10.7. The second-order valence-electron chi connectivity index (χ2n) is 8.30. The molecule has 0 aliphatic carbocycles. The van der Waals surface area contributed by atoms with Gasteiger partial charge in [0, 0.05) is 54.9 Å². The molecule has 2 aromatic carbocycles. The van der Waals surface area contributed by atoms with Gasteiger partial charge in [-0.05, 0) is 24.6 Å². The van der Waals surface area contributed by atoms with Crippen molar-refractivity contribution in [3.63, 3.8) is 0 Å². The van der Waals surface area contributed by atoms with Crippen LogP contribution in [0.2, 0.25) is 0 Å². The molecule has 1 aliphatic rings. The van der Waals surface area contributed by atoms with Crippen LogP contribution in [-0.2, 0) is 9.53 Å². The second-order valence-corrected chi connectivity index (χ2v) is 9.18. The lowest BCUT2D eigenvalue weighted by Gasteiger charge is -2.35. The van der Waals surface area contributed by atoms with E-state index in [2.05, 4.69) is 10.2 Å². The summed E-state index contributed by atoms with van der Waals surface area (Å²) in [6.45, 7) is 4.95. The van der Waals surface area contributed by atoms with Gasteiger partial charge >= 0.3 is 5.97 Å². The number of nitro benzene ring substituents is 1. The first-order valence-electron chi connectivity index (χ1n) is 11.1. The molecule has 1 saturated heterocycles. The molecule has 0 radical (unpaired) electrons. The molecule has 0 spiro atoms. The number of benzene rings is 2. The van der Waals surface area contributed by atoms with Crippen molar-refractivity contribution in [3.8, 4) is 11.1 Å². The minimum absolute atomic E-state index is 0.0643. The summed E-state index contributed by atoms with van der Waals surface area (Å²) in [5, 5.41) is 16.1. The number of hydrogen-bond acceptors (Lipinski definition) is 8. The molecular weight excluding hydrogens is 468 g/mol. The van der Waals surface area contributed by atoms with Gasteiger partial charge in [-0.2, -0.15) is 0 Å². The van der Waals surface area contributed by atoms with E-state index in [1.165, 1.54) is 30.6 Å². The van der Waals surface area contributed by atoms with Crippen LogP contribution in [0, 0.1) is 17.0 Å². The third-order valence-electron chi connectivity index (χ3n) is 5.96. The standard InChI is InChI=1S/C25H26N4O5S/c1-17-3-5-18(6-4-17)21-16-35-24(23(21)25(31)34-2)26-22(30)15-27-11-13-28(14-12-27)19-7-9-20(10-8-19)29(32)33/h3-10,16H,11-15H2,1-2H3,(H,26,30). The third-order valence-corrected chi connectivity index (χ3v) is 6.86. The fourth-order valence-electron chi connectivity index (χ4n) is 4.02. The molecule has 1 aromatic heterocycles. The molecule has 0 saturated carbocycles. The summed E-state index contributed by atoms with van der Waals surface area (Å²) >= 11 is 1.30. The first kappa shape index (κ1) is 24.4. The predicted octanol–water partition coefficient (Wildman–Crippen LogP) is 4.18. The number of esters is 1. The quantitative estimate of drug-likeness (QED) is 0.298. The number of nitro groups is 1. The van der Waals surface area contributed by atoms with Crippen molar-refractivity contribution in [2.45, 2.75) is 6.92 Å². The molecule has 10 heteroatoms. The summed E-state index contributed by atoms with van der Waals surface area (Å²) in [5.41, 5.74) is 4.08. The molecule has 1 amide bonds. The van der Waals surface area contributed by atoms with E-state index in [1.54, 1.807) is 12.1 Å². The number of carbonyl (C=O) groups excluding carboxylic acids is 2. The summed E-state index contributed by atoms with van der Waals surface area (Å²) < 4.78 is 4.99. The molecule has 9 nitrogen and oxygen atoms in total. The molecule has 2 heterocycles. The highest BCUT2D eigenvalue weighted by Crippen LogP contribution is 2.36. The fraction of sp³-hybridized carbons (Fsp3) is 0.280. The number of methoxy groups -OCH3 is 1. The van der Waals surface area contributed by atoms with E-state index in [4.69, 9.17) is 4.74 Å². The lowest BCUT2D eigenvalue weighted by atomic mass is 10.0. The van der Waals surface area contributed by atoms with Gasteiger partial charge in [-0.15, -0.1) is 11.3 Å². The molecule has 182 valence electrons. The Morgan fingerprint density at radius 3 is 2.31 bits per heavy atom. The first-order valence-corrected chi connectivity index (χ1v) is 12.0. The van der Waals surface area contributed by atoms with Gasteiger partial charge in [-0.1, -0.05) is 29.8 Å². The third kappa shape index (κ3) is 5.67. The summed E-state index contributed by atoms with van der Waals surface area (Å²) in [4.78, 5) is 40.0. The number of ether oxygens (including phenoxy) is 1. The smallest absolute Gasteiger partial charge is 0.341 e. The van der Waals surface area contributed by atoms with E-state index < -0.39 is 10.9 Å². The number of piperazine rings is 1. The average molecular weight is 495 g/mol. The van der Waals surface area contributed by atoms with Crippen LogP contribution in [0.25, 0.3) is 11.1 Å². The van der Waals surface area contributed by atoms with Crippen molar-refractivity contribution in [3.05, 3.63) is 75.2 Å². The van der Waals surface area contributed by atoms with Crippen LogP contribution in [0.1, 0.15) is 15.9 Å². The van der Waals surface area contributed by atoms with Crippen molar-refractivity contribution in [2.75, 3.05) is 50.1 Å². The summed E-state index contributed by atoms with van der Waals surface area (Å²) in [6.07, 6.45) is 0. The van der Waals surface area contributed by atoms with Gasteiger partial charge < -0.3 is 15.0 Å². The molecule has 1 fully saturated rings. The average Bonchev–Trinajstić information content (AvgIpc) is 3.27. The first-order chi connectivity index (χ1) is 16.9. The molecule has 1 aliphatic heterocycles. The Labute approximate surface area is 207 Å². The lowest BCUT2D eigenvalue weighted by Crippen LogP contribution is -2.48. The van der Waals surface area contributed by atoms with E-state index in [-0.39, 0.29) is 18.1 Å². The number of anilines is 2. The van der Waals surface area contributed by atoms with E-state index in [0.29, 0.717) is 36.7 Å². The van der Waals surface area contributed by atoms with Gasteiger partial charge in [0.05, 0.1) is 18.6 Å². The van der Waals surface area contributed by atoms with Crippen molar-refractivity contribution in [2.24, 2.45) is 0 Å². The number of nitrogens with zero attached hydrogens (tertiary/aromatic N) is 3. The minimum Gasteiger partial charge on any atom is -0.465 e.